The first kappa shape index (κ1) is 17.6. The molecule has 2 N–H and O–H groups in total. The fourth-order valence-corrected chi connectivity index (χ4v) is 6.09. The van der Waals surface area contributed by atoms with E-state index in [0.29, 0.717) is 16.6 Å². The second-order valence-corrected chi connectivity index (χ2v) is 9.13. The Morgan fingerprint density at radius 3 is 2.07 bits per heavy atom. The number of aromatic hydroxyl groups is 2. The van der Waals surface area contributed by atoms with Crippen molar-refractivity contribution < 1.29 is 19.3 Å². The predicted molar refractivity (Wildman–Crippen MR) is 115 cm³/mol. The Hall–Kier alpha value is -3.49. The van der Waals surface area contributed by atoms with Crippen molar-refractivity contribution in [3.63, 3.8) is 0 Å². The molecule has 29 heavy (non-hydrogen) atoms. The first-order valence-corrected chi connectivity index (χ1v) is 10.8. The average Bonchev–Trinajstić information content (AvgIpc) is 2.76. The second kappa shape index (κ2) is 6.54. The molecule has 1 aliphatic heterocycles. The highest BCUT2D eigenvalue weighted by Crippen LogP contribution is 2.55. The standard InChI is InChI=1S/C24H17O4P/c25-20-15-24(21(26)14-19(20)16-8-2-1-3-9-16)29(27)23-13-7-5-11-18(23)17-10-4-6-12-22(17)28-29/h1-15,25-26H. The smallest absolute Gasteiger partial charge is 0.311 e. The first-order chi connectivity index (χ1) is 14.1. The number of fused-ring (bicyclic) bond motifs is 3. The van der Waals surface area contributed by atoms with E-state index in [0.717, 1.165) is 16.7 Å². The van der Waals surface area contributed by atoms with Gasteiger partial charge in [0.05, 0.1) is 10.6 Å². The highest BCUT2D eigenvalue weighted by atomic mass is 31.2. The Kier molecular flexibility index (Phi) is 3.97. The van der Waals surface area contributed by atoms with E-state index in [9.17, 15) is 14.8 Å². The molecule has 0 radical (unpaired) electrons. The molecular formula is C24H17O4P. The molecule has 5 rings (SSSR count). The van der Waals surface area contributed by atoms with Gasteiger partial charge in [-0.05, 0) is 35.4 Å². The number of rotatable bonds is 2. The fourth-order valence-electron chi connectivity index (χ4n) is 3.74. The van der Waals surface area contributed by atoms with Crippen LogP contribution in [0, 0.1) is 0 Å². The maximum absolute atomic E-state index is 14.1. The van der Waals surface area contributed by atoms with E-state index >= 15 is 0 Å². The van der Waals surface area contributed by atoms with Gasteiger partial charge < -0.3 is 14.7 Å². The predicted octanol–water partition coefficient (Wildman–Crippen LogP) is 5.05. The Morgan fingerprint density at radius 2 is 1.28 bits per heavy atom. The molecule has 1 aliphatic rings. The van der Waals surface area contributed by atoms with Crippen LogP contribution in [-0.2, 0) is 4.57 Å². The molecule has 142 valence electrons. The van der Waals surface area contributed by atoms with Crippen LogP contribution in [-0.4, -0.2) is 10.2 Å². The lowest BCUT2D eigenvalue weighted by atomic mass is 10.0. The molecular weight excluding hydrogens is 383 g/mol. The van der Waals surface area contributed by atoms with Gasteiger partial charge in [-0.3, -0.25) is 4.57 Å². The third kappa shape index (κ3) is 2.72. The van der Waals surface area contributed by atoms with E-state index in [-0.39, 0.29) is 16.8 Å². The van der Waals surface area contributed by atoms with Gasteiger partial charge in [-0.15, -0.1) is 0 Å². The molecule has 1 atom stereocenters. The van der Waals surface area contributed by atoms with Crippen LogP contribution in [0.3, 0.4) is 0 Å². The van der Waals surface area contributed by atoms with E-state index in [2.05, 4.69) is 0 Å². The topological polar surface area (TPSA) is 66.8 Å². The number of benzene rings is 4. The first-order valence-electron chi connectivity index (χ1n) is 9.18. The Balaban J connectivity index is 1.72. The maximum Gasteiger partial charge on any atom is 0.311 e. The molecule has 0 spiro atoms. The Bertz CT molecular complexity index is 1280. The lowest BCUT2D eigenvalue weighted by molar-refractivity contribution is 0.461. The van der Waals surface area contributed by atoms with Crippen LogP contribution >= 0.6 is 7.37 Å². The molecule has 4 aromatic carbocycles. The van der Waals surface area contributed by atoms with Gasteiger partial charge in [0.2, 0.25) is 0 Å². The van der Waals surface area contributed by atoms with Gasteiger partial charge in [0.15, 0.2) is 0 Å². The molecule has 4 aromatic rings. The molecule has 5 heteroatoms. The van der Waals surface area contributed by atoms with Crippen molar-refractivity contribution in [1.29, 1.82) is 0 Å². The van der Waals surface area contributed by atoms with Crippen LogP contribution in [0.2, 0.25) is 0 Å². The summed E-state index contributed by atoms with van der Waals surface area (Å²) < 4.78 is 20.1. The SMILES string of the molecule is O=P1(c2cc(O)c(-c3ccccc3)cc2O)Oc2ccccc2-c2ccccc21. The Labute approximate surface area is 168 Å². The minimum Gasteiger partial charge on any atom is -0.507 e. The monoisotopic (exact) mass is 400 g/mol. The molecule has 0 aliphatic carbocycles. The van der Waals surface area contributed by atoms with Gasteiger partial charge in [0, 0.05) is 11.1 Å². The molecule has 0 bridgehead atoms. The molecule has 0 aromatic heterocycles. The molecule has 1 unspecified atom stereocenters. The van der Waals surface area contributed by atoms with Crippen molar-refractivity contribution in [2.45, 2.75) is 0 Å². The minimum atomic E-state index is -3.67. The van der Waals surface area contributed by atoms with Crippen LogP contribution in [0.4, 0.5) is 0 Å². The zero-order valence-corrected chi connectivity index (χ0v) is 16.2. The van der Waals surface area contributed by atoms with E-state index in [4.69, 9.17) is 4.52 Å². The van der Waals surface area contributed by atoms with Crippen molar-refractivity contribution in [1.82, 2.24) is 0 Å². The average molecular weight is 400 g/mol. The normalized spacial score (nSPS) is 17.1. The van der Waals surface area contributed by atoms with Gasteiger partial charge in [-0.2, -0.15) is 0 Å². The van der Waals surface area contributed by atoms with E-state index in [1.54, 1.807) is 18.2 Å². The van der Waals surface area contributed by atoms with Crippen LogP contribution in [0.25, 0.3) is 22.3 Å². The fraction of sp³-hybridized carbons (Fsp3) is 0. The summed E-state index contributed by atoms with van der Waals surface area (Å²) >= 11 is 0. The molecule has 0 fully saturated rings. The minimum absolute atomic E-state index is 0.0702. The lowest BCUT2D eigenvalue weighted by Crippen LogP contribution is -2.25. The summed E-state index contributed by atoms with van der Waals surface area (Å²) in [6.45, 7) is 0. The van der Waals surface area contributed by atoms with Crippen molar-refractivity contribution >= 4 is 18.0 Å². The van der Waals surface area contributed by atoms with E-state index < -0.39 is 7.37 Å². The van der Waals surface area contributed by atoms with E-state index in [1.807, 2.05) is 60.7 Å². The number of phenols is 2. The summed E-state index contributed by atoms with van der Waals surface area (Å²) in [7, 11) is -3.67. The highest BCUT2D eigenvalue weighted by molar-refractivity contribution is 7.75. The van der Waals surface area contributed by atoms with Crippen LogP contribution < -0.4 is 15.1 Å². The summed E-state index contributed by atoms with van der Waals surface area (Å²) in [5, 5.41) is 22.1. The number of para-hydroxylation sites is 1. The third-order valence-electron chi connectivity index (χ3n) is 5.12. The maximum atomic E-state index is 14.1. The Morgan fingerprint density at radius 1 is 0.621 bits per heavy atom. The molecule has 0 amide bonds. The van der Waals surface area contributed by atoms with Crippen molar-refractivity contribution in [3.05, 3.63) is 91.0 Å². The summed E-state index contributed by atoms with van der Waals surface area (Å²) in [6, 6.07) is 26.7. The number of hydrogen-bond donors (Lipinski definition) is 2. The highest BCUT2D eigenvalue weighted by Gasteiger charge is 2.40. The zero-order chi connectivity index (χ0) is 20.0. The van der Waals surface area contributed by atoms with Gasteiger partial charge in [0.25, 0.3) is 0 Å². The van der Waals surface area contributed by atoms with Gasteiger partial charge in [0.1, 0.15) is 17.2 Å². The summed E-state index contributed by atoms with van der Waals surface area (Å²) in [5.74, 6) is 0.235. The summed E-state index contributed by atoms with van der Waals surface area (Å²) in [4.78, 5) is 0. The zero-order valence-electron chi connectivity index (χ0n) is 15.3. The third-order valence-corrected chi connectivity index (χ3v) is 7.59. The van der Waals surface area contributed by atoms with Crippen molar-refractivity contribution in [2.75, 3.05) is 0 Å². The second-order valence-electron chi connectivity index (χ2n) is 6.88. The summed E-state index contributed by atoms with van der Waals surface area (Å²) in [6.07, 6.45) is 0. The van der Waals surface area contributed by atoms with Crippen LogP contribution in [0.15, 0.2) is 91.0 Å². The number of phenolic OH excluding ortho intramolecular Hbond substituents is 2. The van der Waals surface area contributed by atoms with Gasteiger partial charge in [-0.25, -0.2) is 0 Å². The van der Waals surface area contributed by atoms with Crippen LogP contribution in [0.1, 0.15) is 0 Å². The lowest BCUT2D eigenvalue weighted by Gasteiger charge is -2.29. The number of hydrogen-bond acceptors (Lipinski definition) is 4. The van der Waals surface area contributed by atoms with E-state index in [1.165, 1.54) is 12.1 Å². The quantitative estimate of drug-likeness (QED) is 0.365. The van der Waals surface area contributed by atoms with Crippen molar-refractivity contribution in [3.8, 4) is 39.5 Å². The molecule has 0 saturated heterocycles. The molecule has 1 heterocycles. The van der Waals surface area contributed by atoms with Crippen molar-refractivity contribution in [2.24, 2.45) is 0 Å². The molecule has 0 saturated carbocycles. The van der Waals surface area contributed by atoms with Crippen LogP contribution in [0.5, 0.6) is 17.2 Å². The summed E-state index contributed by atoms with van der Waals surface area (Å²) in [5.41, 5.74) is 2.85. The van der Waals surface area contributed by atoms with Gasteiger partial charge in [-0.1, -0.05) is 66.7 Å². The largest absolute Gasteiger partial charge is 0.507 e. The molecule has 4 nitrogen and oxygen atoms in total. The van der Waals surface area contributed by atoms with Gasteiger partial charge >= 0.3 is 7.37 Å².